The van der Waals surface area contributed by atoms with Crippen LogP contribution in [-0.4, -0.2) is 65.4 Å². The number of amides is 1. The van der Waals surface area contributed by atoms with E-state index in [1.165, 1.54) is 25.1 Å². The highest BCUT2D eigenvalue weighted by Crippen LogP contribution is 2.21. The van der Waals surface area contributed by atoms with Crippen LogP contribution >= 0.6 is 11.6 Å². The molecule has 1 aliphatic heterocycles. The molecule has 1 amide bonds. The van der Waals surface area contributed by atoms with Gasteiger partial charge in [0.05, 0.1) is 0 Å². The molecule has 0 atom stereocenters. The lowest BCUT2D eigenvalue weighted by molar-refractivity contribution is -0.135. The Balaban J connectivity index is 1.52. The van der Waals surface area contributed by atoms with Crippen molar-refractivity contribution in [2.75, 3.05) is 32.8 Å². The number of carboxylic acids is 1. The molecule has 0 aliphatic carbocycles. The highest BCUT2D eigenvalue weighted by Gasteiger charge is 2.22. The van der Waals surface area contributed by atoms with Crippen LogP contribution in [0.1, 0.15) is 33.2 Å². The fraction of sp³-hybridized carbons (Fsp3) is 0.318. The molecule has 1 heterocycles. The van der Waals surface area contributed by atoms with Crippen LogP contribution < -0.4 is 4.74 Å². The summed E-state index contributed by atoms with van der Waals surface area (Å²) < 4.78 is 5.47. The van der Waals surface area contributed by atoms with Gasteiger partial charge >= 0.3 is 5.97 Å². The van der Waals surface area contributed by atoms with Crippen molar-refractivity contribution in [3.63, 3.8) is 0 Å². The summed E-state index contributed by atoms with van der Waals surface area (Å²) in [6.07, 6.45) is 0. The Morgan fingerprint density at radius 2 is 1.70 bits per heavy atom. The molecule has 1 saturated heterocycles. The topological polar surface area (TPSA) is 87.2 Å². The number of nitrogens with zero attached hydrogens (tertiary/aromatic N) is 2. The number of ketones is 1. The second-order valence-corrected chi connectivity index (χ2v) is 7.58. The Labute approximate surface area is 179 Å². The monoisotopic (exact) mass is 430 g/mol. The summed E-state index contributed by atoms with van der Waals surface area (Å²) in [6.45, 7) is 4.52. The lowest BCUT2D eigenvalue weighted by Gasteiger charge is -2.34. The maximum absolute atomic E-state index is 12.5. The molecule has 0 unspecified atom stereocenters. The standard InChI is InChI=1S/C22H23ClN2O5/c1-15(26)17-4-7-20(19(12-17)22(28)29)30-14-21(27)25-10-8-24(9-11-25)13-16-2-5-18(23)6-3-16/h2-7,12H,8-11,13-14H2,1H3,(H,28,29). The minimum Gasteiger partial charge on any atom is -0.483 e. The summed E-state index contributed by atoms with van der Waals surface area (Å²) in [5.41, 5.74) is 1.31. The minimum absolute atomic E-state index is 0.0715. The van der Waals surface area contributed by atoms with Gasteiger partial charge in [-0.15, -0.1) is 0 Å². The quantitative estimate of drug-likeness (QED) is 0.679. The van der Waals surface area contributed by atoms with E-state index in [-0.39, 0.29) is 35.2 Å². The zero-order chi connectivity index (χ0) is 21.7. The lowest BCUT2D eigenvalue weighted by Crippen LogP contribution is -2.49. The van der Waals surface area contributed by atoms with E-state index < -0.39 is 5.97 Å². The molecule has 0 radical (unpaired) electrons. The first kappa shape index (κ1) is 21.8. The molecular formula is C22H23ClN2O5. The molecule has 8 heteroatoms. The maximum Gasteiger partial charge on any atom is 0.339 e. The van der Waals surface area contributed by atoms with Crippen LogP contribution in [0.2, 0.25) is 5.02 Å². The van der Waals surface area contributed by atoms with E-state index in [1.54, 1.807) is 4.90 Å². The fourth-order valence-corrected chi connectivity index (χ4v) is 3.40. The number of aromatic carboxylic acids is 1. The highest BCUT2D eigenvalue weighted by atomic mass is 35.5. The summed E-state index contributed by atoms with van der Waals surface area (Å²) >= 11 is 5.91. The minimum atomic E-state index is -1.21. The molecule has 158 valence electrons. The van der Waals surface area contributed by atoms with E-state index in [1.807, 2.05) is 24.3 Å². The van der Waals surface area contributed by atoms with Crippen LogP contribution in [0.5, 0.6) is 5.75 Å². The van der Waals surface area contributed by atoms with Crippen LogP contribution in [0.25, 0.3) is 0 Å². The van der Waals surface area contributed by atoms with Crippen molar-refractivity contribution < 1.29 is 24.2 Å². The van der Waals surface area contributed by atoms with Crippen LogP contribution in [0, 0.1) is 0 Å². The smallest absolute Gasteiger partial charge is 0.339 e. The first-order valence-electron chi connectivity index (χ1n) is 9.59. The number of rotatable bonds is 7. The van der Waals surface area contributed by atoms with Gasteiger partial charge in [0, 0.05) is 43.3 Å². The summed E-state index contributed by atoms with van der Waals surface area (Å²) in [4.78, 5) is 39.4. The molecule has 1 aliphatic rings. The van der Waals surface area contributed by atoms with Crippen LogP contribution in [0.3, 0.4) is 0 Å². The number of hydrogen-bond donors (Lipinski definition) is 1. The second-order valence-electron chi connectivity index (χ2n) is 7.14. The summed E-state index contributed by atoms with van der Waals surface area (Å²) in [6, 6.07) is 11.9. The van der Waals surface area contributed by atoms with Crippen molar-refractivity contribution >= 4 is 29.3 Å². The van der Waals surface area contributed by atoms with Gasteiger partial charge < -0.3 is 14.7 Å². The predicted octanol–water partition coefficient (Wildman–Crippen LogP) is 2.96. The van der Waals surface area contributed by atoms with Gasteiger partial charge in [-0.3, -0.25) is 14.5 Å². The van der Waals surface area contributed by atoms with Crippen molar-refractivity contribution in [3.05, 3.63) is 64.2 Å². The molecule has 0 spiro atoms. The van der Waals surface area contributed by atoms with Crippen molar-refractivity contribution in [2.24, 2.45) is 0 Å². The number of Topliss-reactive ketones (excluding diaryl/α,β-unsaturated/α-hetero) is 1. The van der Waals surface area contributed by atoms with Gasteiger partial charge in [0.2, 0.25) is 0 Å². The normalized spacial score (nSPS) is 14.4. The van der Waals surface area contributed by atoms with Crippen molar-refractivity contribution in [1.29, 1.82) is 0 Å². The van der Waals surface area contributed by atoms with Gasteiger partial charge in [-0.25, -0.2) is 4.79 Å². The number of carbonyl (C=O) groups excluding carboxylic acids is 2. The number of carbonyl (C=O) groups is 3. The van der Waals surface area contributed by atoms with Gasteiger partial charge in [0.25, 0.3) is 5.91 Å². The third kappa shape index (κ3) is 5.58. The molecule has 0 bridgehead atoms. The first-order chi connectivity index (χ1) is 14.3. The Morgan fingerprint density at radius 1 is 1.03 bits per heavy atom. The zero-order valence-electron chi connectivity index (χ0n) is 16.6. The van der Waals surface area contributed by atoms with Crippen LogP contribution in [0.4, 0.5) is 0 Å². The van der Waals surface area contributed by atoms with Crippen molar-refractivity contribution in [3.8, 4) is 5.75 Å². The Bertz CT molecular complexity index is 937. The molecule has 1 N–H and O–H groups in total. The molecule has 7 nitrogen and oxygen atoms in total. The molecule has 3 rings (SSSR count). The molecule has 0 aromatic heterocycles. The average Bonchev–Trinajstić information content (AvgIpc) is 2.74. The number of piperazine rings is 1. The Morgan fingerprint density at radius 3 is 2.30 bits per heavy atom. The Hall–Kier alpha value is -2.90. The summed E-state index contributed by atoms with van der Waals surface area (Å²) in [7, 11) is 0. The van der Waals surface area contributed by atoms with Crippen LogP contribution in [-0.2, 0) is 11.3 Å². The first-order valence-corrected chi connectivity index (χ1v) is 9.97. The summed E-state index contributed by atoms with van der Waals surface area (Å²) in [5.74, 6) is -1.58. The molecule has 30 heavy (non-hydrogen) atoms. The number of hydrogen-bond acceptors (Lipinski definition) is 5. The van der Waals surface area contributed by atoms with Gasteiger partial charge in [0.15, 0.2) is 12.4 Å². The van der Waals surface area contributed by atoms with E-state index in [2.05, 4.69) is 4.90 Å². The SMILES string of the molecule is CC(=O)c1ccc(OCC(=O)N2CCN(Cc3ccc(Cl)cc3)CC2)c(C(=O)O)c1. The van der Waals surface area contributed by atoms with Crippen LogP contribution in [0.15, 0.2) is 42.5 Å². The number of ether oxygens (including phenoxy) is 1. The van der Waals surface area contributed by atoms with Gasteiger partial charge in [-0.05, 0) is 42.8 Å². The fourth-order valence-electron chi connectivity index (χ4n) is 3.28. The predicted molar refractivity (Wildman–Crippen MR) is 112 cm³/mol. The lowest BCUT2D eigenvalue weighted by atomic mass is 10.1. The van der Waals surface area contributed by atoms with Gasteiger partial charge in [-0.1, -0.05) is 23.7 Å². The maximum atomic E-state index is 12.5. The molecule has 0 saturated carbocycles. The number of halogens is 1. The largest absolute Gasteiger partial charge is 0.483 e. The van der Waals surface area contributed by atoms with Crippen molar-refractivity contribution in [1.82, 2.24) is 9.80 Å². The third-order valence-electron chi connectivity index (χ3n) is 5.01. The van der Waals surface area contributed by atoms with E-state index in [0.717, 1.165) is 25.2 Å². The van der Waals surface area contributed by atoms with E-state index in [4.69, 9.17) is 16.3 Å². The molecular weight excluding hydrogens is 408 g/mol. The van der Waals surface area contributed by atoms with E-state index >= 15 is 0 Å². The van der Waals surface area contributed by atoms with Gasteiger partial charge in [0.1, 0.15) is 11.3 Å². The third-order valence-corrected chi connectivity index (χ3v) is 5.26. The second kappa shape index (κ2) is 9.73. The van der Waals surface area contributed by atoms with E-state index in [0.29, 0.717) is 18.1 Å². The summed E-state index contributed by atoms with van der Waals surface area (Å²) in [5, 5.41) is 10.1. The molecule has 2 aromatic carbocycles. The number of benzene rings is 2. The van der Waals surface area contributed by atoms with Gasteiger partial charge in [-0.2, -0.15) is 0 Å². The van der Waals surface area contributed by atoms with E-state index in [9.17, 15) is 19.5 Å². The Kier molecular flexibility index (Phi) is 7.07. The molecule has 2 aromatic rings. The average molecular weight is 431 g/mol. The number of carboxylic acid groups (broad SMARTS) is 1. The highest BCUT2D eigenvalue weighted by molar-refractivity contribution is 6.30. The zero-order valence-corrected chi connectivity index (χ0v) is 17.4. The van der Waals surface area contributed by atoms with Crippen molar-refractivity contribution in [2.45, 2.75) is 13.5 Å². The molecule has 1 fully saturated rings.